The maximum atomic E-state index is 12.9. The number of sulfonamides is 1. The molecule has 0 aliphatic heterocycles. The van der Waals surface area contributed by atoms with Crippen molar-refractivity contribution in [3.8, 4) is 5.75 Å². The van der Waals surface area contributed by atoms with Crippen LogP contribution in [-0.4, -0.2) is 33.7 Å². The van der Waals surface area contributed by atoms with Gasteiger partial charge in [0.2, 0.25) is 15.9 Å². The molecule has 2 atom stereocenters. The summed E-state index contributed by atoms with van der Waals surface area (Å²) in [6.45, 7) is 9.89. The van der Waals surface area contributed by atoms with Crippen LogP contribution in [0.25, 0.3) is 0 Å². The highest BCUT2D eigenvalue weighted by molar-refractivity contribution is 7.92. The molecule has 0 spiro atoms. The number of carbonyl (C=O) groups excluding carboxylic acids is 1. The van der Waals surface area contributed by atoms with E-state index in [0.717, 1.165) is 16.1 Å². The van der Waals surface area contributed by atoms with Crippen LogP contribution < -0.4 is 14.4 Å². The quantitative estimate of drug-likeness (QED) is 0.717. The summed E-state index contributed by atoms with van der Waals surface area (Å²) >= 11 is 0. The molecule has 1 N–H and O–H groups in total. The molecule has 0 unspecified atom stereocenters. The van der Waals surface area contributed by atoms with Crippen LogP contribution in [0.2, 0.25) is 0 Å². The van der Waals surface area contributed by atoms with Crippen molar-refractivity contribution in [1.82, 2.24) is 5.32 Å². The molecule has 0 heterocycles. The van der Waals surface area contributed by atoms with Crippen molar-refractivity contribution in [2.75, 3.05) is 17.7 Å². The summed E-state index contributed by atoms with van der Waals surface area (Å²) in [6.07, 6.45) is 1.09. The molecule has 0 radical (unpaired) electrons. The number of anilines is 1. The summed E-state index contributed by atoms with van der Waals surface area (Å²) in [6, 6.07) is 13.6. The van der Waals surface area contributed by atoms with Gasteiger partial charge in [-0.15, -0.1) is 0 Å². The monoisotopic (exact) mass is 432 g/mol. The summed E-state index contributed by atoms with van der Waals surface area (Å²) in [4.78, 5) is 12.9. The summed E-state index contributed by atoms with van der Waals surface area (Å²) in [5, 5.41) is 2.93. The largest absolute Gasteiger partial charge is 0.497 e. The van der Waals surface area contributed by atoms with E-state index in [1.807, 2.05) is 19.1 Å². The Kier molecular flexibility index (Phi) is 7.18. The number of hydrogen-bond acceptors (Lipinski definition) is 4. The first kappa shape index (κ1) is 23.7. The second-order valence-corrected chi connectivity index (χ2v) is 10.4. The van der Waals surface area contributed by atoms with Crippen molar-refractivity contribution in [1.29, 1.82) is 0 Å². The molecule has 7 heteroatoms. The Morgan fingerprint density at radius 3 is 2.17 bits per heavy atom. The van der Waals surface area contributed by atoms with Gasteiger partial charge in [-0.3, -0.25) is 9.10 Å². The van der Waals surface area contributed by atoms with E-state index in [9.17, 15) is 13.2 Å². The summed E-state index contributed by atoms with van der Waals surface area (Å²) in [5.41, 5.74) is 2.59. The predicted molar refractivity (Wildman–Crippen MR) is 121 cm³/mol. The molecule has 0 saturated heterocycles. The Labute approximate surface area is 180 Å². The third kappa shape index (κ3) is 5.75. The van der Waals surface area contributed by atoms with Gasteiger partial charge in [0, 0.05) is 6.07 Å². The smallest absolute Gasteiger partial charge is 0.244 e. The van der Waals surface area contributed by atoms with Crippen molar-refractivity contribution >= 4 is 21.6 Å². The van der Waals surface area contributed by atoms with E-state index in [2.05, 4.69) is 38.2 Å². The molecule has 0 aliphatic rings. The molecule has 2 aromatic carbocycles. The average Bonchev–Trinajstić information content (AvgIpc) is 2.66. The van der Waals surface area contributed by atoms with Gasteiger partial charge in [0.15, 0.2) is 0 Å². The van der Waals surface area contributed by atoms with Crippen LogP contribution in [0.1, 0.15) is 51.8 Å². The molecule has 6 nitrogen and oxygen atoms in total. The fourth-order valence-electron chi connectivity index (χ4n) is 3.25. The van der Waals surface area contributed by atoms with Crippen LogP contribution in [0, 0.1) is 0 Å². The first-order chi connectivity index (χ1) is 13.8. The Morgan fingerprint density at radius 2 is 1.67 bits per heavy atom. The number of hydrogen-bond donors (Lipinski definition) is 1. The zero-order valence-electron chi connectivity index (χ0n) is 18.8. The van der Waals surface area contributed by atoms with Crippen LogP contribution in [0.3, 0.4) is 0 Å². The van der Waals surface area contributed by atoms with Crippen molar-refractivity contribution in [2.45, 2.75) is 52.1 Å². The molecule has 2 aromatic rings. The van der Waals surface area contributed by atoms with Crippen molar-refractivity contribution in [3.05, 3.63) is 59.7 Å². The molecule has 0 aromatic heterocycles. The van der Waals surface area contributed by atoms with Crippen LogP contribution in [0.4, 0.5) is 5.69 Å². The number of nitrogens with zero attached hydrogens (tertiary/aromatic N) is 1. The topological polar surface area (TPSA) is 75.7 Å². The highest BCUT2D eigenvalue weighted by atomic mass is 32.2. The van der Waals surface area contributed by atoms with Crippen molar-refractivity contribution in [3.63, 3.8) is 0 Å². The van der Waals surface area contributed by atoms with Gasteiger partial charge in [-0.2, -0.15) is 0 Å². The van der Waals surface area contributed by atoms with E-state index in [1.165, 1.54) is 12.7 Å². The first-order valence-corrected chi connectivity index (χ1v) is 11.7. The second kappa shape index (κ2) is 9.08. The summed E-state index contributed by atoms with van der Waals surface area (Å²) in [7, 11) is -2.19. The van der Waals surface area contributed by atoms with Gasteiger partial charge in [-0.05, 0) is 42.5 Å². The molecular weight excluding hydrogens is 400 g/mol. The molecular formula is C23H32N2O4S. The zero-order valence-corrected chi connectivity index (χ0v) is 19.6. The Hall–Kier alpha value is -2.54. The van der Waals surface area contributed by atoms with Gasteiger partial charge in [-0.25, -0.2) is 8.42 Å². The van der Waals surface area contributed by atoms with Crippen LogP contribution in [0.15, 0.2) is 48.5 Å². The number of rotatable bonds is 7. The number of methoxy groups -OCH3 is 1. The van der Waals surface area contributed by atoms with Gasteiger partial charge < -0.3 is 10.1 Å². The lowest BCUT2D eigenvalue weighted by molar-refractivity contribution is -0.122. The molecule has 0 bridgehead atoms. The average molecular weight is 433 g/mol. The maximum Gasteiger partial charge on any atom is 0.244 e. The molecule has 0 fully saturated rings. The number of nitrogens with one attached hydrogen (secondary N) is 1. The molecule has 30 heavy (non-hydrogen) atoms. The Balaban J connectivity index is 2.22. The lowest BCUT2D eigenvalue weighted by atomic mass is 9.86. The van der Waals surface area contributed by atoms with E-state index in [0.29, 0.717) is 11.4 Å². The Morgan fingerprint density at radius 1 is 1.07 bits per heavy atom. The third-order valence-electron chi connectivity index (χ3n) is 5.03. The van der Waals surface area contributed by atoms with Gasteiger partial charge >= 0.3 is 0 Å². The lowest BCUT2D eigenvalue weighted by Gasteiger charge is -2.29. The van der Waals surface area contributed by atoms with Crippen molar-refractivity contribution in [2.24, 2.45) is 0 Å². The van der Waals surface area contributed by atoms with Crippen LogP contribution in [-0.2, 0) is 20.2 Å². The van der Waals surface area contributed by atoms with E-state index < -0.39 is 16.1 Å². The molecule has 0 saturated carbocycles. The fourth-order valence-corrected chi connectivity index (χ4v) is 4.41. The van der Waals surface area contributed by atoms with Crippen LogP contribution >= 0.6 is 0 Å². The third-order valence-corrected chi connectivity index (χ3v) is 6.27. The molecule has 2 rings (SSSR count). The first-order valence-electron chi connectivity index (χ1n) is 9.89. The van der Waals surface area contributed by atoms with E-state index in [4.69, 9.17) is 4.74 Å². The van der Waals surface area contributed by atoms with E-state index >= 15 is 0 Å². The van der Waals surface area contributed by atoms with E-state index in [-0.39, 0.29) is 17.4 Å². The normalized spacial score (nSPS) is 14.0. The standard InChI is InChI=1S/C23H32N2O4S/c1-16(18-11-13-19(14-12-18)23(3,4)5)24-22(26)17(2)25(30(7,27)28)20-9-8-10-21(15-20)29-6/h8-17H,1-7H3,(H,24,26)/t16-,17+/m1/s1. The number of ether oxygens (including phenoxy) is 1. The maximum absolute atomic E-state index is 12.9. The minimum absolute atomic E-state index is 0.0479. The van der Waals surface area contributed by atoms with Gasteiger partial charge in [0.05, 0.1) is 25.1 Å². The van der Waals surface area contributed by atoms with Gasteiger partial charge in [0.25, 0.3) is 0 Å². The number of benzene rings is 2. The van der Waals surface area contributed by atoms with Crippen molar-refractivity contribution < 1.29 is 17.9 Å². The zero-order chi connectivity index (χ0) is 22.7. The Bertz CT molecular complexity index is 979. The van der Waals surface area contributed by atoms with Crippen LogP contribution in [0.5, 0.6) is 5.75 Å². The summed E-state index contributed by atoms with van der Waals surface area (Å²) < 4.78 is 31.2. The van der Waals surface area contributed by atoms with Gasteiger partial charge in [0.1, 0.15) is 11.8 Å². The molecule has 0 aliphatic carbocycles. The highest BCUT2D eigenvalue weighted by Crippen LogP contribution is 2.26. The minimum atomic E-state index is -3.69. The highest BCUT2D eigenvalue weighted by Gasteiger charge is 2.30. The number of carbonyl (C=O) groups is 1. The van der Waals surface area contributed by atoms with Gasteiger partial charge in [-0.1, -0.05) is 51.1 Å². The number of amides is 1. The molecule has 164 valence electrons. The SMILES string of the molecule is COc1cccc(N([C@@H](C)C(=O)N[C@H](C)c2ccc(C(C)(C)C)cc2)S(C)(=O)=O)c1. The van der Waals surface area contributed by atoms with E-state index in [1.54, 1.807) is 31.2 Å². The fraction of sp³-hybridized carbons (Fsp3) is 0.435. The summed E-state index contributed by atoms with van der Waals surface area (Å²) in [5.74, 6) is 0.136. The predicted octanol–water partition coefficient (Wildman–Crippen LogP) is 4.02. The lowest BCUT2D eigenvalue weighted by Crippen LogP contribution is -2.48. The molecule has 1 amide bonds. The second-order valence-electron chi connectivity index (χ2n) is 8.54. The minimum Gasteiger partial charge on any atom is -0.497 e.